The second-order valence-electron chi connectivity index (χ2n) is 2.01. The molecule has 86 valence electrons. The monoisotopic (exact) mass is 242 g/mol. The lowest BCUT2D eigenvalue weighted by atomic mass is 10.6. The summed E-state index contributed by atoms with van der Waals surface area (Å²) in [5.74, 6) is 0. The lowest BCUT2D eigenvalue weighted by Gasteiger charge is -2.17. The van der Waals surface area contributed by atoms with Crippen LogP contribution < -0.4 is 0 Å². The van der Waals surface area contributed by atoms with Crippen LogP contribution in [0, 0.1) is 0 Å². The fraction of sp³-hybridized carbons (Fsp3) is 1.00. The van der Waals surface area contributed by atoms with Gasteiger partial charge in [-0.05, 0) is 4.53 Å². The average molecular weight is 242 g/mol. The molecule has 0 rings (SSSR count). The molecule has 14 heavy (non-hydrogen) atoms. The maximum atomic E-state index is 12.4. The van der Waals surface area contributed by atoms with Gasteiger partial charge in [0.15, 0.2) is 0 Å². The number of aliphatic hydroxyl groups excluding tert-OH is 1. The molecule has 0 aromatic rings. The van der Waals surface area contributed by atoms with Gasteiger partial charge in [0.05, 0.1) is 13.2 Å². The maximum Gasteiger partial charge on any atom is 0.404 e. The van der Waals surface area contributed by atoms with E-state index in [1.807, 2.05) is 4.39 Å². The average Bonchev–Trinajstić information content (AvgIpc) is 2.13. The molecule has 0 aliphatic heterocycles. The molecule has 5 nitrogen and oxygen atoms in total. The third kappa shape index (κ3) is 3.36. The minimum Gasteiger partial charge on any atom is -0.394 e. The Morgan fingerprint density at radius 1 is 1.43 bits per heavy atom. The third-order valence-electron chi connectivity index (χ3n) is 0.991. The Morgan fingerprint density at radius 3 is 2.29 bits per heavy atom. The summed E-state index contributed by atoms with van der Waals surface area (Å²) in [5.41, 5.74) is -3.99. The lowest BCUT2D eigenvalue weighted by molar-refractivity contribution is -0.261. The maximum absolute atomic E-state index is 12.4. The van der Waals surface area contributed by atoms with Crippen LogP contribution in [0.4, 0.5) is 17.7 Å². The summed E-state index contributed by atoms with van der Waals surface area (Å²) in [6.45, 7) is -1.88. The second-order valence-corrected chi connectivity index (χ2v) is 3.53. The summed E-state index contributed by atoms with van der Waals surface area (Å²) in [7, 11) is -5.68. The van der Waals surface area contributed by atoms with Gasteiger partial charge in [-0.25, -0.2) is 4.39 Å². The predicted octanol–water partition coefficient (Wildman–Crippen LogP) is 0.115. The van der Waals surface area contributed by atoms with E-state index < -0.39 is 34.9 Å². The minimum absolute atomic E-state index is 0.876. The number of hydrogen-bond donors (Lipinski definition) is 1. The van der Waals surface area contributed by atoms with Crippen molar-refractivity contribution in [2.75, 3.05) is 13.2 Å². The van der Waals surface area contributed by atoms with Crippen molar-refractivity contribution in [2.45, 2.75) is 11.6 Å². The Kier molecular flexibility index (Phi) is 4.71. The molecule has 0 aromatic carbocycles. The van der Waals surface area contributed by atoms with Crippen LogP contribution in [-0.4, -0.2) is 38.4 Å². The van der Waals surface area contributed by atoms with Gasteiger partial charge >= 0.3 is 21.7 Å². The van der Waals surface area contributed by atoms with Gasteiger partial charge in [-0.2, -0.15) is 17.2 Å². The van der Waals surface area contributed by atoms with E-state index >= 15 is 0 Å². The summed E-state index contributed by atoms with van der Waals surface area (Å²) < 4.78 is 73.8. The zero-order valence-corrected chi connectivity index (χ0v) is 7.31. The highest BCUT2D eigenvalue weighted by molar-refractivity contribution is 7.87. The Labute approximate surface area is 76.3 Å². The van der Waals surface area contributed by atoms with Crippen molar-refractivity contribution < 1.29 is 40.3 Å². The van der Waals surface area contributed by atoms with Crippen molar-refractivity contribution in [2.24, 2.45) is 0 Å². The molecule has 0 radical (unpaired) electrons. The highest BCUT2D eigenvalue weighted by Crippen LogP contribution is 2.28. The lowest BCUT2D eigenvalue weighted by Crippen LogP contribution is -2.39. The predicted molar refractivity (Wildman–Crippen MR) is 34.0 cm³/mol. The summed E-state index contributed by atoms with van der Waals surface area (Å²) in [4.78, 5) is 0. The number of aliphatic hydroxyl groups is 1. The molecule has 10 heteroatoms. The Hall–Kier alpha value is -0.450. The molecule has 0 saturated heterocycles. The molecule has 0 amide bonds. The first-order valence-electron chi connectivity index (χ1n) is 3.08. The van der Waals surface area contributed by atoms with E-state index in [4.69, 9.17) is 5.11 Å². The zero-order chi connectivity index (χ0) is 11.4. The van der Waals surface area contributed by atoms with Gasteiger partial charge in [0.1, 0.15) is 0 Å². The van der Waals surface area contributed by atoms with E-state index in [9.17, 15) is 26.1 Å². The van der Waals surface area contributed by atoms with Crippen molar-refractivity contribution in [1.29, 1.82) is 0 Å². The third-order valence-corrected chi connectivity index (χ3v) is 1.95. The standard InChI is InChI=1S/C4H6F4O5S/c5-3(14(10,11)13-8)4(6,7)12-2-1-9/h3,9H,1-2H2. The molecule has 0 fully saturated rings. The fourth-order valence-corrected chi connectivity index (χ4v) is 0.915. The molecule has 0 bridgehead atoms. The van der Waals surface area contributed by atoms with E-state index in [2.05, 4.69) is 4.74 Å². The summed E-state index contributed by atoms with van der Waals surface area (Å²) in [5, 5.41) is 8.04. The molecule has 0 aliphatic rings. The van der Waals surface area contributed by atoms with E-state index in [0.29, 0.717) is 0 Å². The van der Waals surface area contributed by atoms with Crippen LogP contribution in [0.5, 0.6) is 0 Å². The molecular formula is C4H6F4O5S. The largest absolute Gasteiger partial charge is 0.404 e. The zero-order valence-electron chi connectivity index (χ0n) is 6.49. The smallest absolute Gasteiger partial charge is 0.394 e. The van der Waals surface area contributed by atoms with Gasteiger partial charge in [-0.15, -0.1) is 0 Å². The van der Waals surface area contributed by atoms with Gasteiger partial charge in [0, 0.05) is 0 Å². The van der Waals surface area contributed by atoms with Gasteiger partial charge in [0.2, 0.25) is 0 Å². The van der Waals surface area contributed by atoms with Gasteiger partial charge in [-0.3, -0.25) is 0 Å². The van der Waals surface area contributed by atoms with Crippen molar-refractivity contribution in [3.8, 4) is 0 Å². The van der Waals surface area contributed by atoms with Crippen LogP contribution in [-0.2, 0) is 19.2 Å². The van der Waals surface area contributed by atoms with Gasteiger partial charge < -0.3 is 9.84 Å². The van der Waals surface area contributed by atoms with E-state index in [1.54, 1.807) is 0 Å². The molecule has 0 spiro atoms. The van der Waals surface area contributed by atoms with E-state index in [0.717, 1.165) is 0 Å². The van der Waals surface area contributed by atoms with Crippen LogP contribution in [0.3, 0.4) is 0 Å². The SMILES string of the molecule is O=S(=O)(OF)C(F)C(F)(F)OCCO. The summed E-state index contributed by atoms with van der Waals surface area (Å²) >= 11 is 0. The Bertz CT molecular complexity index is 265. The van der Waals surface area contributed by atoms with E-state index in [1.165, 1.54) is 0 Å². The first kappa shape index (κ1) is 13.5. The van der Waals surface area contributed by atoms with E-state index in [-0.39, 0.29) is 0 Å². The van der Waals surface area contributed by atoms with Crippen LogP contribution >= 0.6 is 0 Å². The molecule has 0 saturated carbocycles. The summed E-state index contributed by atoms with van der Waals surface area (Å²) in [6, 6.07) is 0. The quantitative estimate of drug-likeness (QED) is 0.669. The van der Waals surface area contributed by atoms with Crippen molar-refractivity contribution in [1.82, 2.24) is 0 Å². The minimum atomic E-state index is -5.68. The van der Waals surface area contributed by atoms with Crippen molar-refractivity contribution >= 4 is 10.1 Å². The number of hydrogen-bond acceptors (Lipinski definition) is 5. The second kappa shape index (κ2) is 4.87. The Balaban J connectivity index is 4.57. The number of rotatable bonds is 6. The van der Waals surface area contributed by atoms with Gasteiger partial charge in [-0.1, -0.05) is 4.39 Å². The number of alkyl halides is 3. The fourth-order valence-electron chi connectivity index (χ4n) is 0.447. The first-order chi connectivity index (χ1) is 6.28. The first-order valence-corrected chi connectivity index (χ1v) is 4.56. The van der Waals surface area contributed by atoms with Crippen LogP contribution in [0.2, 0.25) is 0 Å². The normalized spacial score (nSPS) is 15.5. The topological polar surface area (TPSA) is 72.8 Å². The molecule has 1 N–H and O–H groups in total. The van der Waals surface area contributed by atoms with Crippen LogP contribution in [0.25, 0.3) is 0 Å². The van der Waals surface area contributed by atoms with Gasteiger partial charge in [0.25, 0.3) is 0 Å². The molecule has 1 unspecified atom stereocenters. The number of ether oxygens (including phenoxy) is 1. The highest BCUT2D eigenvalue weighted by Gasteiger charge is 2.51. The van der Waals surface area contributed by atoms with Crippen LogP contribution in [0.1, 0.15) is 0 Å². The Morgan fingerprint density at radius 2 is 1.93 bits per heavy atom. The number of halogens is 4. The van der Waals surface area contributed by atoms with Crippen molar-refractivity contribution in [3.05, 3.63) is 0 Å². The molecule has 0 aromatic heterocycles. The summed E-state index contributed by atoms with van der Waals surface area (Å²) in [6.07, 6.45) is -4.78. The molecular weight excluding hydrogens is 236 g/mol. The molecule has 0 heterocycles. The van der Waals surface area contributed by atoms with Crippen LogP contribution in [0.15, 0.2) is 0 Å². The highest BCUT2D eigenvalue weighted by atomic mass is 32.2. The molecule has 0 aliphatic carbocycles. The van der Waals surface area contributed by atoms with Crippen molar-refractivity contribution in [3.63, 3.8) is 0 Å². The molecule has 1 atom stereocenters.